The number of halogens is 2. The number of nitrogens with one attached hydrogen (secondary N) is 1. The number of carbonyl (C=O) groups excluding carboxylic acids is 2. The Morgan fingerprint density at radius 2 is 2.20 bits per heavy atom. The molecule has 1 saturated heterocycles. The smallest absolute Gasteiger partial charge is 0.387 e. The van der Waals surface area contributed by atoms with Gasteiger partial charge in [-0.1, -0.05) is 18.7 Å². The normalized spacial score (nSPS) is 16.6. The van der Waals surface area contributed by atoms with Crippen LogP contribution in [0.5, 0.6) is 5.75 Å². The maximum absolute atomic E-state index is 12.5. The number of hydrogen-bond acceptors (Lipinski definition) is 4. The second-order valence-electron chi connectivity index (χ2n) is 5.74. The largest absolute Gasteiger partial charge is 0.433 e. The first-order chi connectivity index (χ1) is 11.9. The van der Waals surface area contributed by atoms with Gasteiger partial charge < -0.3 is 19.9 Å². The summed E-state index contributed by atoms with van der Waals surface area (Å²) in [6.07, 6.45) is 1.82. The Morgan fingerprint density at radius 3 is 2.88 bits per heavy atom. The molecule has 0 spiro atoms. The van der Waals surface area contributed by atoms with Crippen LogP contribution < -0.4 is 15.0 Å². The van der Waals surface area contributed by atoms with E-state index in [1.807, 2.05) is 4.90 Å². The molecule has 2 amide bonds. The number of para-hydroxylation sites is 2. The van der Waals surface area contributed by atoms with Gasteiger partial charge in [0.15, 0.2) is 0 Å². The zero-order chi connectivity index (χ0) is 18.4. The monoisotopic (exact) mass is 353 g/mol. The third kappa shape index (κ3) is 5.17. The molecule has 0 bridgehead atoms. The molecule has 1 aromatic rings. The van der Waals surface area contributed by atoms with Gasteiger partial charge in [0.1, 0.15) is 5.75 Å². The van der Waals surface area contributed by atoms with Gasteiger partial charge in [-0.15, -0.1) is 0 Å². The van der Waals surface area contributed by atoms with Crippen LogP contribution in [-0.4, -0.2) is 56.0 Å². The highest BCUT2D eigenvalue weighted by Crippen LogP contribution is 2.31. The molecule has 1 fully saturated rings. The summed E-state index contributed by atoms with van der Waals surface area (Å²) in [5, 5.41) is 2.85. The van der Waals surface area contributed by atoms with Gasteiger partial charge >= 0.3 is 6.61 Å². The van der Waals surface area contributed by atoms with E-state index in [9.17, 15) is 18.4 Å². The molecule has 0 aromatic heterocycles. The lowest BCUT2D eigenvalue weighted by Crippen LogP contribution is -2.43. The van der Waals surface area contributed by atoms with Crippen molar-refractivity contribution in [2.24, 2.45) is 0 Å². The van der Waals surface area contributed by atoms with Crippen molar-refractivity contribution in [3.8, 4) is 5.75 Å². The van der Waals surface area contributed by atoms with Crippen molar-refractivity contribution in [1.82, 2.24) is 10.2 Å². The van der Waals surface area contributed by atoms with Crippen LogP contribution in [0.3, 0.4) is 0 Å². The number of rotatable bonds is 7. The molecular formula is C17H21F2N3O3. The molecule has 1 atom stereocenters. The SMILES string of the molecule is C=CC(=O)N(C)CC(=O)NC1CCN(c2ccccc2OC(F)F)C1. The number of ether oxygens (including phenoxy) is 1. The number of carbonyl (C=O) groups is 2. The van der Waals surface area contributed by atoms with Crippen LogP contribution in [0.4, 0.5) is 14.5 Å². The summed E-state index contributed by atoms with van der Waals surface area (Å²) in [6, 6.07) is 6.44. The summed E-state index contributed by atoms with van der Waals surface area (Å²) in [5.41, 5.74) is 0.568. The Labute approximate surface area is 145 Å². The Kier molecular flexibility index (Phi) is 6.32. The van der Waals surface area contributed by atoms with Gasteiger partial charge in [-0.25, -0.2) is 0 Å². The summed E-state index contributed by atoms with van der Waals surface area (Å²) in [6.45, 7) is 1.50. The lowest BCUT2D eigenvalue weighted by Gasteiger charge is -2.22. The van der Waals surface area contributed by atoms with Crippen molar-refractivity contribution in [2.45, 2.75) is 19.1 Å². The van der Waals surface area contributed by atoms with Crippen molar-refractivity contribution in [2.75, 3.05) is 31.6 Å². The summed E-state index contributed by atoms with van der Waals surface area (Å²) in [4.78, 5) is 26.6. The van der Waals surface area contributed by atoms with E-state index >= 15 is 0 Å². The second-order valence-corrected chi connectivity index (χ2v) is 5.74. The Hall–Kier alpha value is -2.64. The van der Waals surface area contributed by atoms with E-state index in [2.05, 4.69) is 16.6 Å². The molecule has 136 valence electrons. The molecule has 0 saturated carbocycles. The van der Waals surface area contributed by atoms with Crippen LogP contribution in [-0.2, 0) is 9.59 Å². The second kappa shape index (κ2) is 8.46. The van der Waals surface area contributed by atoms with Crippen LogP contribution in [0.25, 0.3) is 0 Å². The zero-order valence-electron chi connectivity index (χ0n) is 14.0. The topological polar surface area (TPSA) is 61.9 Å². The molecule has 1 heterocycles. The van der Waals surface area contributed by atoms with Crippen LogP contribution in [0.1, 0.15) is 6.42 Å². The molecule has 25 heavy (non-hydrogen) atoms. The lowest BCUT2D eigenvalue weighted by molar-refractivity contribution is -0.131. The Balaban J connectivity index is 1.92. The van der Waals surface area contributed by atoms with Gasteiger partial charge in [0.25, 0.3) is 0 Å². The Bertz CT molecular complexity index is 639. The van der Waals surface area contributed by atoms with Crippen molar-refractivity contribution >= 4 is 17.5 Å². The fraction of sp³-hybridized carbons (Fsp3) is 0.412. The van der Waals surface area contributed by atoms with E-state index in [1.165, 1.54) is 18.0 Å². The van der Waals surface area contributed by atoms with E-state index in [1.54, 1.807) is 18.2 Å². The van der Waals surface area contributed by atoms with Gasteiger partial charge in [-0.2, -0.15) is 8.78 Å². The number of anilines is 1. The number of benzene rings is 1. The van der Waals surface area contributed by atoms with E-state index in [-0.39, 0.29) is 30.2 Å². The van der Waals surface area contributed by atoms with Gasteiger partial charge in [0.05, 0.1) is 12.2 Å². The summed E-state index contributed by atoms with van der Waals surface area (Å²) >= 11 is 0. The number of nitrogens with zero attached hydrogens (tertiary/aromatic N) is 2. The molecule has 0 aliphatic carbocycles. The van der Waals surface area contributed by atoms with Crippen LogP contribution >= 0.6 is 0 Å². The fourth-order valence-electron chi connectivity index (χ4n) is 2.73. The predicted molar refractivity (Wildman–Crippen MR) is 89.7 cm³/mol. The number of amides is 2. The predicted octanol–water partition coefficient (Wildman–Crippen LogP) is 1.63. The average Bonchev–Trinajstić information content (AvgIpc) is 3.01. The highest BCUT2D eigenvalue weighted by atomic mass is 19.3. The average molecular weight is 353 g/mol. The minimum absolute atomic E-state index is 0.0631. The highest BCUT2D eigenvalue weighted by Gasteiger charge is 2.26. The number of likely N-dealkylation sites (N-methyl/N-ethyl adjacent to an activating group) is 1. The van der Waals surface area contributed by atoms with Gasteiger partial charge in [0, 0.05) is 26.2 Å². The first-order valence-corrected chi connectivity index (χ1v) is 7.86. The van der Waals surface area contributed by atoms with Crippen LogP contribution in [0, 0.1) is 0 Å². The molecule has 1 N–H and O–H groups in total. The maximum atomic E-state index is 12.5. The molecule has 0 radical (unpaired) electrons. The van der Waals surface area contributed by atoms with E-state index in [0.717, 1.165) is 6.08 Å². The van der Waals surface area contributed by atoms with Crippen molar-refractivity contribution < 1.29 is 23.1 Å². The van der Waals surface area contributed by atoms with Gasteiger partial charge in [-0.05, 0) is 24.6 Å². The van der Waals surface area contributed by atoms with Gasteiger partial charge in [-0.3, -0.25) is 9.59 Å². The molecular weight excluding hydrogens is 332 g/mol. The van der Waals surface area contributed by atoms with Crippen molar-refractivity contribution in [3.63, 3.8) is 0 Å². The van der Waals surface area contributed by atoms with Crippen LogP contribution in [0.15, 0.2) is 36.9 Å². The van der Waals surface area contributed by atoms with Crippen LogP contribution in [0.2, 0.25) is 0 Å². The molecule has 1 aliphatic heterocycles. The van der Waals surface area contributed by atoms with E-state index in [4.69, 9.17) is 0 Å². The summed E-state index contributed by atoms with van der Waals surface area (Å²) in [5.74, 6) is -0.497. The van der Waals surface area contributed by atoms with Crippen molar-refractivity contribution in [1.29, 1.82) is 0 Å². The maximum Gasteiger partial charge on any atom is 0.387 e. The molecule has 1 aliphatic rings. The van der Waals surface area contributed by atoms with E-state index < -0.39 is 6.61 Å². The number of alkyl halides is 2. The third-order valence-corrected chi connectivity index (χ3v) is 3.91. The summed E-state index contributed by atoms with van der Waals surface area (Å²) in [7, 11) is 1.52. The first-order valence-electron chi connectivity index (χ1n) is 7.86. The van der Waals surface area contributed by atoms with Gasteiger partial charge in [0.2, 0.25) is 11.8 Å². The van der Waals surface area contributed by atoms with Crippen molar-refractivity contribution in [3.05, 3.63) is 36.9 Å². The lowest BCUT2D eigenvalue weighted by atomic mass is 10.2. The fourth-order valence-corrected chi connectivity index (χ4v) is 2.73. The Morgan fingerprint density at radius 1 is 1.48 bits per heavy atom. The molecule has 6 nitrogen and oxygen atoms in total. The van der Waals surface area contributed by atoms with E-state index in [0.29, 0.717) is 25.2 Å². The molecule has 1 aromatic carbocycles. The minimum Gasteiger partial charge on any atom is -0.433 e. The third-order valence-electron chi connectivity index (χ3n) is 3.91. The summed E-state index contributed by atoms with van der Waals surface area (Å²) < 4.78 is 29.6. The zero-order valence-corrected chi connectivity index (χ0v) is 14.0. The first kappa shape index (κ1) is 18.7. The highest BCUT2D eigenvalue weighted by molar-refractivity contribution is 5.90. The standard InChI is InChI=1S/C17H21F2N3O3/c1-3-16(24)21(2)11-15(23)20-12-8-9-22(10-12)13-6-4-5-7-14(13)25-17(18)19/h3-7,12,17H,1,8-11H2,2H3,(H,20,23). The quantitative estimate of drug-likeness (QED) is 0.757. The molecule has 8 heteroatoms. The number of hydrogen-bond donors (Lipinski definition) is 1. The molecule has 1 unspecified atom stereocenters. The minimum atomic E-state index is -2.89. The molecule has 2 rings (SSSR count).